The predicted octanol–water partition coefficient (Wildman–Crippen LogP) is 1.76. The van der Waals surface area contributed by atoms with Crippen LogP contribution in [0.5, 0.6) is 0 Å². The van der Waals surface area contributed by atoms with E-state index in [-0.39, 0.29) is 23.1 Å². The van der Waals surface area contributed by atoms with Gasteiger partial charge in [-0.05, 0) is 13.0 Å². The topological polar surface area (TPSA) is 32.3 Å². The van der Waals surface area contributed by atoms with Crippen LogP contribution in [0.25, 0.3) is 0 Å². The van der Waals surface area contributed by atoms with Crippen LogP contribution in [0.15, 0.2) is 0 Å². The molecule has 1 atom stereocenters. The fraction of sp³-hybridized carbons (Fsp3) is 0.909. The van der Waals surface area contributed by atoms with E-state index >= 15 is 0 Å². The van der Waals surface area contributed by atoms with Crippen molar-refractivity contribution in [2.45, 2.75) is 38.0 Å². The average molecular weight is 267 g/mol. The second-order valence-corrected chi connectivity index (χ2v) is 6.85. The molecule has 1 aliphatic rings. The number of rotatable bonds is 3. The minimum absolute atomic E-state index is 0. The number of thioether (sulfide) groups is 1. The molecule has 0 aromatic carbocycles. The van der Waals surface area contributed by atoms with E-state index in [0.29, 0.717) is 11.8 Å². The zero-order valence-electron chi connectivity index (χ0n) is 10.6. The molecule has 1 saturated heterocycles. The van der Waals surface area contributed by atoms with Crippen LogP contribution < -0.4 is 5.32 Å². The van der Waals surface area contributed by atoms with Gasteiger partial charge in [0.2, 0.25) is 5.91 Å². The molecule has 0 aliphatic carbocycles. The molecule has 1 N–H and O–H groups in total. The van der Waals surface area contributed by atoms with Crippen molar-refractivity contribution in [1.82, 2.24) is 10.2 Å². The Hall–Kier alpha value is 0.0700. The second-order valence-electron chi connectivity index (χ2n) is 5.05. The largest absolute Gasteiger partial charge is 0.341 e. The molecular weight excluding hydrogens is 244 g/mol. The summed E-state index contributed by atoms with van der Waals surface area (Å²) in [4.78, 5) is 13.8. The summed E-state index contributed by atoms with van der Waals surface area (Å²) in [7, 11) is 1.92. The molecule has 5 heteroatoms. The summed E-state index contributed by atoms with van der Waals surface area (Å²) < 4.78 is 0.171. The lowest BCUT2D eigenvalue weighted by Crippen LogP contribution is -2.39. The quantitative estimate of drug-likeness (QED) is 0.845. The molecule has 16 heavy (non-hydrogen) atoms. The summed E-state index contributed by atoms with van der Waals surface area (Å²) in [5.41, 5.74) is 0. The highest BCUT2D eigenvalue weighted by Gasteiger charge is 2.24. The summed E-state index contributed by atoms with van der Waals surface area (Å²) >= 11 is 1.72. The van der Waals surface area contributed by atoms with Gasteiger partial charge in [-0.3, -0.25) is 4.79 Å². The predicted molar refractivity (Wildman–Crippen MR) is 73.5 cm³/mol. The second kappa shape index (κ2) is 6.72. The molecular formula is C11H23ClN2OS. The van der Waals surface area contributed by atoms with E-state index < -0.39 is 0 Å². The number of hydrogen-bond acceptors (Lipinski definition) is 3. The normalized spacial score (nSPS) is 20.4. The molecule has 96 valence electrons. The zero-order chi connectivity index (χ0) is 11.5. The maximum Gasteiger partial charge on any atom is 0.232 e. The lowest BCUT2D eigenvalue weighted by molar-refractivity contribution is -0.128. The van der Waals surface area contributed by atoms with E-state index in [1.165, 1.54) is 0 Å². The number of carbonyl (C=O) groups excluding carboxylic acids is 1. The Labute approximate surface area is 109 Å². The fourth-order valence-corrected chi connectivity index (χ4v) is 2.31. The average Bonchev–Trinajstić information content (AvgIpc) is 2.64. The van der Waals surface area contributed by atoms with Crippen LogP contribution in [0, 0.1) is 0 Å². The van der Waals surface area contributed by atoms with Crippen LogP contribution in [0.3, 0.4) is 0 Å². The van der Waals surface area contributed by atoms with Crippen LogP contribution in [0.2, 0.25) is 0 Å². The molecule has 1 rings (SSSR count). The molecule has 0 saturated carbocycles. The third kappa shape index (κ3) is 5.41. The number of amides is 1. The zero-order valence-corrected chi connectivity index (χ0v) is 12.2. The van der Waals surface area contributed by atoms with Crippen LogP contribution in [-0.2, 0) is 4.79 Å². The van der Waals surface area contributed by atoms with Crippen molar-refractivity contribution < 1.29 is 4.79 Å². The standard InChI is InChI=1S/C11H22N2OS.ClH/c1-11(2,3)15-8-10(14)13(4)9-5-6-12-7-9;/h9,12H,5-8H2,1-4H3;1H. The summed E-state index contributed by atoms with van der Waals surface area (Å²) in [6.45, 7) is 8.41. The molecule has 0 radical (unpaired) electrons. The Morgan fingerprint density at radius 3 is 2.56 bits per heavy atom. The molecule has 1 amide bonds. The highest BCUT2D eigenvalue weighted by Crippen LogP contribution is 2.23. The van der Waals surface area contributed by atoms with Gasteiger partial charge in [0.1, 0.15) is 0 Å². The maximum atomic E-state index is 11.9. The van der Waals surface area contributed by atoms with Gasteiger partial charge in [-0.25, -0.2) is 0 Å². The molecule has 3 nitrogen and oxygen atoms in total. The van der Waals surface area contributed by atoms with E-state index in [4.69, 9.17) is 0 Å². The van der Waals surface area contributed by atoms with Gasteiger partial charge in [0, 0.05) is 24.4 Å². The Morgan fingerprint density at radius 2 is 2.12 bits per heavy atom. The number of nitrogens with one attached hydrogen (secondary N) is 1. The first kappa shape index (κ1) is 16.1. The minimum Gasteiger partial charge on any atom is -0.341 e. The number of halogens is 1. The molecule has 0 spiro atoms. The lowest BCUT2D eigenvalue weighted by atomic mass is 10.2. The highest BCUT2D eigenvalue weighted by atomic mass is 35.5. The molecule has 0 aromatic heterocycles. The third-order valence-electron chi connectivity index (χ3n) is 2.60. The highest BCUT2D eigenvalue weighted by molar-refractivity contribution is 8.01. The fourth-order valence-electron chi connectivity index (χ4n) is 1.55. The summed E-state index contributed by atoms with van der Waals surface area (Å²) in [6.07, 6.45) is 1.09. The van der Waals surface area contributed by atoms with Gasteiger partial charge in [0.15, 0.2) is 0 Å². The number of nitrogens with zero attached hydrogens (tertiary/aromatic N) is 1. The first-order valence-corrected chi connectivity index (χ1v) is 6.49. The molecule has 0 aromatic rings. The van der Waals surface area contributed by atoms with Crippen molar-refractivity contribution >= 4 is 30.1 Å². The van der Waals surface area contributed by atoms with Crippen LogP contribution in [0.1, 0.15) is 27.2 Å². The molecule has 1 unspecified atom stereocenters. The van der Waals surface area contributed by atoms with E-state index in [1.807, 2.05) is 11.9 Å². The van der Waals surface area contributed by atoms with Gasteiger partial charge in [0.05, 0.1) is 5.75 Å². The van der Waals surface area contributed by atoms with Crippen molar-refractivity contribution in [3.8, 4) is 0 Å². The Bertz CT molecular complexity index is 225. The number of likely N-dealkylation sites (N-methyl/N-ethyl adjacent to an activating group) is 1. The summed E-state index contributed by atoms with van der Waals surface area (Å²) in [6, 6.07) is 0.401. The van der Waals surface area contributed by atoms with Crippen LogP contribution in [-0.4, -0.2) is 47.5 Å². The molecule has 1 heterocycles. The molecule has 1 aliphatic heterocycles. The SMILES string of the molecule is CN(C(=O)CSC(C)(C)C)C1CCNC1.Cl. The lowest BCUT2D eigenvalue weighted by Gasteiger charge is -2.25. The number of hydrogen-bond donors (Lipinski definition) is 1. The minimum atomic E-state index is 0. The van der Waals surface area contributed by atoms with Crippen molar-refractivity contribution in [3.05, 3.63) is 0 Å². The molecule has 0 bridgehead atoms. The summed E-state index contributed by atoms with van der Waals surface area (Å²) in [5.74, 6) is 0.847. The van der Waals surface area contributed by atoms with Crippen molar-refractivity contribution in [3.63, 3.8) is 0 Å². The first-order chi connectivity index (χ1) is 6.90. The van der Waals surface area contributed by atoms with E-state index in [2.05, 4.69) is 26.1 Å². The van der Waals surface area contributed by atoms with Crippen molar-refractivity contribution in [1.29, 1.82) is 0 Å². The van der Waals surface area contributed by atoms with Gasteiger partial charge in [-0.2, -0.15) is 0 Å². The third-order valence-corrected chi connectivity index (χ3v) is 3.86. The maximum absolute atomic E-state index is 11.9. The number of carbonyl (C=O) groups is 1. The first-order valence-electron chi connectivity index (χ1n) is 5.50. The summed E-state index contributed by atoms with van der Waals surface area (Å²) in [5, 5.41) is 3.28. The Morgan fingerprint density at radius 1 is 1.50 bits per heavy atom. The Balaban J connectivity index is 0.00000225. The van der Waals surface area contributed by atoms with Crippen LogP contribution in [0.4, 0.5) is 0 Å². The molecule has 1 fully saturated rings. The van der Waals surface area contributed by atoms with Crippen molar-refractivity contribution in [2.75, 3.05) is 25.9 Å². The van der Waals surface area contributed by atoms with Crippen molar-refractivity contribution in [2.24, 2.45) is 0 Å². The van der Waals surface area contributed by atoms with E-state index in [0.717, 1.165) is 19.5 Å². The van der Waals surface area contributed by atoms with Crippen LogP contribution >= 0.6 is 24.2 Å². The van der Waals surface area contributed by atoms with Gasteiger partial charge in [-0.15, -0.1) is 24.2 Å². The van der Waals surface area contributed by atoms with Gasteiger partial charge in [-0.1, -0.05) is 20.8 Å². The van der Waals surface area contributed by atoms with Gasteiger partial charge < -0.3 is 10.2 Å². The van der Waals surface area contributed by atoms with E-state index in [9.17, 15) is 4.79 Å². The van der Waals surface area contributed by atoms with Gasteiger partial charge in [0.25, 0.3) is 0 Å². The monoisotopic (exact) mass is 266 g/mol. The smallest absolute Gasteiger partial charge is 0.232 e. The Kier molecular flexibility index (Phi) is 6.75. The van der Waals surface area contributed by atoms with E-state index in [1.54, 1.807) is 11.8 Å². The van der Waals surface area contributed by atoms with Gasteiger partial charge >= 0.3 is 0 Å².